The summed E-state index contributed by atoms with van der Waals surface area (Å²) in [6, 6.07) is 16.1. The van der Waals surface area contributed by atoms with Gasteiger partial charge in [0.05, 0.1) is 10.9 Å². The summed E-state index contributed by atoms with van der Waals surface area (Å²) in [4.78, 5) is 20.0. The lowest BCUT2D eigenvalue weighted by Crippen LogP contribution is -2.27. The van der Waals surface area contributed by atoms with Crippen LogP contribution in [0.3, 0.4) is 0 Å². The van der Waals surface area contributed by atoms with Gasteiger partial charge in [0, 0.05) is 18.2 Å². The van der Waals surface area contributed by atoms with Crippen molar-refractivity contribution in [1.82, 2.24) is 14.5 Å². The van der Waals surface area contributed by atoms with E-state index in [4.69, 9.17) is 0 Å². The summed E-state index contributed by atoms with van der Waals surface area (Å²) in [5.41, 5.74) is 2.38. The molecule has 0 aliphatic heterocycles. The van der Waals surface area contributed by atoms with Gasteiger partial charge in [0.2, 0.25) is 21.7 Å². The van der Waals surface area contributed by atoms with Gasteiger partial charge < -0.3 is 5.11 Å². The van der Waals surface area contributed by atoms with Gasteiger partial charge in [-0.05, 0) is 60.2 Å². The first-order valence-corrected chi connectivity index (χ1v) is 13.7. The molecule has 0 fully saturated rings. The fourth-order valence-corrected chi connectivity index (χ4v) is 6.26. The van der Waals surface area contributed by atoms with Crippen molar-refractivity contribution in [3.05, 3.63) is 100 Å². The van der Waals surface area contributed by atoms with E-state index in [9.17, 15) is 22.7 Å². The third-order valence-corrected chi connectivity index (χ3v) is 8.58. The Morgan fingerprint density at radius 1 is 1.05 bits per heavy atom. The lowest BCUT2D eigenvalue weighted by molar-refractivity contribution is 0.361. The molecule has 2 heterocycles. The molecule has 0 radical (unpaired) electrons. The SMILES string of the molecule is CCCCc1nc(=O)c(S(=O)(=O)c2ccc(-c3ccc(F)nc3)cc2)c(O)n1[C@H]1CCc2ccccc21. The van der Waals surface area contributed by atoms with Crippen LogP contribution in [0.5, 0.6) is 5.88 Å². The maximum Gasteiger partial charge on any atom is 0.296 e. The number of aryl methyl sites for hydroxylation is 2. The number of rotatable bonds is 7. The standard InChI is InChI=1S/C28H26FN3O4S/c1-2-3-8-25-31-27(33)26(28(34)32(25)23-15-11-19-6-4-5-7-22(19)23)37(35,36)21-13-9-18(10-14-21)20-12-16-24(29)30-17-20/h4-7,9-10,12-14,16-17,23,34H,2-3,8,11,15H2,1H3/t23-/m0/s1. The Balaban J connectivity index is 1.61. The van der Waals surface area contributed by atoms with E-state index in [1.165, 1.54) is 35.0 Å². The van der Waals surface area contributed by atoms with Crippen molar-refractivity contribution in [2.24, 2.45) is 0 Å². The molecule has 0 saturated carbocycles. The maximum atomic E-state index is 13.6. The number of aromatic hydroxyl groups is 1. The molecule has 0 saturated heterocycles. The minimum atomic E-state index is -4.39. The highest BCUT2D eigenvalue weighted by Gasteiger charge is 2.34. The first-order valence-electron chi connectivity index (χ1n) is 12.2. The van der Waals surface area contributed by atoms with Crippen molar-refractivity contribution in [1.29, 1.82) is 0 Å². The van der Waals surface area contributed by atoms with Crippen LogP contribution in [-0.4, -0.2) is 28.1 Å². The highest BCUT2D eigenvalue weighted by atomic mass is 32.2. The molecular weight excluding hydrogens is 493 g/mol. The molecule has 1 atom stereocenters. The zero-order valence-corrected chi connectivity index (χ0v) is 21.1. The summed E-state index contributed by atoms with van der Waals surface area (Å²) in [5.74, 6) is -0.821. The molecule has 9 heteroatoms. The Morgan fingerprint density at radius 3 is 2.49 bits per heavy atom. The molecule has 0 spiro atoms. The molecule has 2 aromatic heterocycles. The second kappa shape index (κ2) is 9.89. The minimum absolute atomic E-state index is 0.153. The van der Waals surface area contributed by atoms with Gasteiger partial charge >= 0.3 is 0 Å². The first-order chi connectivity index (χ1) is 17.8. The molecule has 1 aliphatic carbocycles. The van der Waals surface area contributed by atoms with Crippen molar-refractivity contribution in [2.45, 2.75) is 54.9 Å². The molecule has 7 nitrogen and oxygen atoms in total. The number of benzene rings is 2. The van der Waals surface area contributed by atoms with Gasteiger partial charge in [-0.25, -0.2) is 13.4 Å². The van der Waals surface area contributed by atoms with E-state index in [1.54, 1.807) is 12.1 Å². The zero-order valence-electron chi connectivity index (χ0n) is 20.3. The number of sulfone groups is 1. The van der Waals surface area contributed by atoms with Crippen LogP contribution in [0.15, 0.2) is 81.4 Å². The highest BCUT2D eigenvalue weighted by Crippen LogP contribution is 2.39. The van der Waals surface area contributed by atoms with Crippen LogP contribution in [0, 0.1) is 5.95 Å². The number of hydrogen-bond donors (Lipinski definition) is 1. The van der Waals surface area contributed by atoms with E-state index in [0.717, 1.165) is 30.4 Å². The number of nitrogens with zero attached hydrogens (tertiary/aromatic N) is 3. The van der Waals surface area contributed by atoms with Gasteiger partial charge in [-0.2, -0.15) is 9.37 Å². The van der Waals surface area contributed by atoms with Crippen LogP contribution in [0.25, 0.3) is 11.1 Å². The monoisotopic (exact) mass is 519 g/mol. The van der Waals surface area contributed by atoms with Gasteiger partial charge in [-0.3, -0.25) is 9.36 Å². The molecule has 2 aromatic carbocycles. The number of unbranched alkanes of at least 4 members (excludes halogenated alkanes) is 1. The quantitative estimate of drug-likeness (QED) is 0.350. The van der Waals surface area contributed by atoms with E-state index < -0.39 is 32.1 Å². The molecule has 5 rings (SSSR count). The molecule has 1 aliphatic rings. The zero-order chi connectivity index (χ0) is 26.2. The average molecular weight is 520 g/mol. The van der Waals surface area contributed by atoms with Crippen LogP contribution < -0.4 is 5.56 Å². The Morgan fingerprint density at radius 2 is 1.78 bits per heavy atom. The van der Waals surface area contributed by atoms with Crippen LogP contribution in [0.4, 0.5) is 4.39 Å². The fraction of sp³-hybridized carbons (Fsp3) is 0.250. The number of pyridine rings is 1. The Labute approximate surface area is 214 Å². The third kappa shape index (κ3) is 4.55. The highest BCUT2D eigenvalue weighted by molar-refractivity contribution is 7.91. The molecular formula is C28H26FN3O4S. The predicted octanol–water partition coefficient (Wildman–Crippen LogP) is 4.86. The Hall–Kier alpha value is -3.85. The topological polar surface area (TPSA) is 102 Å². The van der Waals surface area contributed by atoms with Gasteiger partial charge in [-0.15, -0.1) is 0 Å². The Bertz CT molecular complexity index is 1620. The summed E-state index contributed by atoms with van der Waals surface area (Å²) >= 11 is 0. The molecule has 37 heavy (non-hydrogen) atoms. The molecule has 0 unspecified atom stereocenters. The lowest BCUT2D eigenvalue weighted by atomic mass is 10.1. The first kappa shape index (κ1) is 24.8. The van der Waals surface area contributed by atoms with Crippen molar-refractivity contribution in [2.75, 3.05) is 0 Å². The van der Waals surface area contributed by atoms with Crippen molar-refractivity contribution in [3.63, 3.8) is 0 Å². The number of aromatic nitrogens is 3. The summed E-state index contributed by atoms with van der Waals surface area (Å²) in [6.45, 7) is 2.01. The fourth-order valence-electron chi connectivity index (χ4n) is 4.92. The van der Waals surface area contributed by atoms with Gasteiger partial charge in [0.1, 0.15) is 5.82 Å². The third-order valence-electron chi connectivity index (χ3n) is 6.80. The average Bonchev–Trinajstić information content (AvgIpc) is 3.31. The van der Waals surface area contributed by atoms with E-state index in [-0.39, 0.29) is 10.9 Å². The lowest BCUT2D eigenvalue weighted by Gasteiger charge is -2.23. The molecule has 0 bridgehead atoms. The summed E-state index contributed by atoms with van der Waals surface area (Å²) in [5, 5.41) is 11.4. The minimum Gasteiger partial charge on any atom is -0.493 e. The molecule has 1 N–H and O–H groups in total. The van der Waals surface area contributed by atoms with E-state index >= 15 is 0 Å². The molecule has 190 valence electrons. The smallest absolute Gasteiger partial charge is 0.296 e. The number of fused-ring (bicyclic) bond motifs is 1. The number of halogens is 1. The van der Waals surface area contributed by atoms with Gasteiger partial charge in [0.15, 0.2) is 4.90 Å². The van der Waals surface area contributed by atoms with Crippen LogP contribution in [0.1, 0.15) is 49.2 Å². The summed E-state index contributed by atoms with van der Waals surface area (Å²) in [6.07, 6.45) is 4.83. The van der Waals surface area contributed by atoms with E-state index in [0.29, 0.717) is 29.8 Å². The Kier molecular flexibility index (Phi) is 6.64. The predicted molar refractivity (Wildman–Crippen MR) is 137 cm³/mol. The van der Waals surface area contributed by atoms with Crippen LogP contribution in [-0.2, 0) is 22.7 Å². The molecule has 4 aromatic rings. The van der Waals surface area contributed by atoms with Crippen LogP contribution >= 0.6 is 0 Å². The van der Waals surface area contributed by atoms with E-state index in [1.807, 2.05) is 31.2 Å². The second-order valence-electron chi connectivity index (χ2n) is 9.11. The molecule has 0 amide bonds. The largest absolute Gasteiger partial charge is 0.493 e. The summed E-state index contributed by atoms with van der Waals surface area (Å²) < 4.78 is 42.0. The number of hydrogen-bond acceptors (Lipinski definition) is 6. The van der Waals surface area contributed by atoms with Crippen molar-refractivity contribution < 1.29 is 17.9 Å². The van der Waals surface area contributed by atoms with Crippen LogP contribution in [0.2, 0.25) is 0 Å². The second-order valence-corrected chi connectivity index (χ2v) is 11.0. The van der Waals surface area contributed by atoms with Crippen molar-refractivity contribution >= 4 is 9.84 Å². The van der Waals surface area contributed by atoms with Gasteiger partial charge in [-0.1, -0.05) is 49.7 Å². The van der Waals surface area contributed by atoms with Gasteiger partial charge in [0.25, 0.3) is 5.56 Å². The normalized spacial score (nSPS) is 15.0. The summed E-state index contributed by atoms with van der Waals surface area (Å²) in [7, 11) is -4.39. The van der Waals surface area contributed by atoms with E-state index in [2.05, 4.69) is 9.97 Å². The maximum absolute atomic E-state index is 13.6. The van der Waals surface area contributed by atoms with Crippen molar-refractivity contribution in [3.8, 4) is 17.0 Å².